The number of nitro benzene ring substituents is 1. The lowest BCUT2D eigenvalue weighted by atomic mass is 10.2. The molecule has 0 aliphatic rings. The van der Waals surface area contributed by atoms with E-state index >= 15 is 0 Å². The summed E-state index contributed by atoms with van der Waals surface area (Å²) in [6, 6.07) is 6.43. The first kappa shape index (κ1) is 9.92. The Morgan fingerprint density at radius 2 is 2.00 bits per heavy atom. The Kier molecular flexibility index (Phi) is 3.64. The van der Waals surface area contributed by atoms with E-state index in [0.717, 1.165) is 10.9 Å². The number of allylic oxidation sites excluding steroid dienone is 1. The molecule has 0 fully saturated rings. The molecule has 0 radical (unpaired) electrons. The number of hydrogen-bond acceptors (Lipinski definition) is 2. The zero-order valence-corrected chi connectivity index (χ0v) is 8.40. The van der Waals surface area contributed by atoms with Crippen molar-refractivity contribution in [3.05, 3.63) is 46.0 Å². The molecule has 1 aromatic carbocycles. The second kappa shape index (κ2) is 4.77. The SMILES string of the molecule is O=[N+]([O-])c1ccc(C=CCBr)cc1. The van der Waals surface area contributed by atoms with Crippen LogP contribution in [-0.2, 0) is 0 Å². The number of hydrogen-bond donors (Lipinski definition) is 0. The van der Waals surface area contributed by atoms with E-state index in [0.29, 0.717) is 0 Å². The maximum absolute atomic E-state index is 10.3. The van der Waals surface area contributed by atoms with Crippen molar-refractivity contribution in [1.29, 1.82) is 0 Å². The number of rotatable bonds is 3. The van der Waals surface area contributed by atoms with Crippen LogP contribution in [0.2, 0.25) is 0 Å². The van der Waals surface area contributed by atoms with E-state index in [1.165, 1.54) is 12.1 Å². The fourth-order valence-corrected chi connectivity index (χ4v) is 1.07. The molecule has 0 aromatic heterocycles. The second-order valence-electron chi connectivity index (χ2n) is 2.41. The van der Waals surface area contributed by atoms with E-state index in [2.05, 4.69) is 15.9 Å². The van der Waals surface area contributed by atoms with Gasteiger partial charge in [0.05, 0.1) is 4.92 Å². The van der Waals surface area contributed by atoms with Crippen LogP contribution in [-0.4, -0.2) is 10.3 Å². The summed E-state index contributed by atoms with van der Waals surface area (Å²) in [7, 11) is 0. The van der Waals surface area contributed by atoms with Crippen LogP contribution in [0.5, 0.6) is 0 Å². The van der Waals surface area contributed by atoms with Gasteiger partial charge < -0.3 is 0 Å². The molecule has 0 heterocycles. The van der Waals surface area contributed by atoms with Crippen LogP contribution in [0, 0.1) is 10.1 Å². The lowest BCUT2D eigenvalue weighted by Gasteiger charge is -1.92. The van der Waals surface area contributed by atoms with Crippen molar-refractivity contribution < 1.29 is 4.92 Å². The van der Waals surface area contributed by atoms with Gasteiger partial charge in [0, 0.05) is 17.5 Å². The summed E-state index contributed by atoms with van der Waals surface area (Å²) >= 11 is 3.25. The highest BCUT2D eigenvalue weighted by Crippen LogP contribution is 2.12. The Morgan fingerprint density at radius 1 is 1.38 bits per heavy atom. The molecule has 0 atom stereocenters. The molecule has 0 aliphatic carbocycles. The van der Waals surface area contributed by atoms with Crippen molar-refractivity contribution in [3.8, 4) is 0 Å². The predicted molar refractivity (Wildman–Crippen MR) is 55.9 cm³/mol. The number of nitrogens with zero attached hydrogens (tertiary/aromatic N) is 1. The third-order valence-electron chi connectivity index (χ3n) is 1.50. The quantitative estimate of drug-likeness (QED) is 0.464. The summed E-state index contributed by atoms with van der Waals surface area (Å²) in [5.41, 5.74) is 1.08. The van der Waals surface area contributed by atoms with Crippen molar-refractivity contribution in [3.63, 3.8) is 0 Å². The van der Waals surface area contributed by atoms with Gasteiger partial charge in [0.25, 0.3) is 5.69 Å². The Bertz CT molecular complexity index is 319. The van der Waals surface area contributed by atoms with E-state index < -0.39 is 4.92 Å². The monoisotopic (exact) mass is 241 g/mol. The van der Waals surface area contributed by atoms with Crippen LogP contribution in [0.4, 0.5) is 5.69 Å². The molecule has 0 N–H and O–H groups in total. The fourth-order valence-electron chi connectivity index (χ4n) is 0.888. The van der Waals surface area contributed by atoms with Crippen LogP contribution < -0.4 is 0 Å². The molecule has 1 aromatic rings. The molecule has 0 saturated heterocycles. The lowest BCUT2D eigenvalue weighted by Crippen LogP contribution is -1.86. The molecule has 0 amide bonds. The van der Waals surface area contributed by atoms with Crippen LogP contribution in [0.25, 0.3) is 6.08 Å². The maximum Gasteiger partial charge on any atom is 0.269 e. The van der Waals surface area contributed by atoms with E-state index in [1.54, 1.807) is 12.1 Å². The molecular formula is C9H8BrNO2. The zero-order chi connectivity index (χ0) is 9.68. The van der Waals surface area contributed by atoms with Gasteiger partial charge in [0.2, 0.25) is 0 Å². The van der Waals surface area contributed by atoms with Crippen LogP contribution >= 0.6 is 15.9 Å². The Balaban J connectivity index is 2.81. The minimum Gasteiger partial charge on any atom is -0.258 e. The number of non-ortho nitro benzene ring substituents is 1. The third kappa shape index (κ3) is 2.99. The topological polar surface area (TPSA) is 43.1 Å². The van der Waals surface area contributed by atoms with Crippen molar-refractivity contribution in [2.75, 3.05) is 5.33 Å². The second-order valence-corrected chi connectivity index (χ2v) is 3.05. The largest absolute Gasteiger partial charge is 0.269 e. The summed E-state index contributed by atoms with van der Waals surface area (Å²) in [5.74, 6) is 0. The molecule has 0 spiro atoms. The van der Waals surface area contributed by atoms with Gasteiger partial charge in [0.1, 0.15) is 0 Å². The molecule has 0 saturated carbocycles. The van der Waals surface area contributed by atoms with Gasteiger partial charge in [-0.1, -0.05) is 28.1 Å². The van der Waals surface area contributed by atoms with Gasteiger partial charge in [0.15, 0.2) is 0 Å². The maximum atomic E-state index is 10.3. The first-order valence-corrected chi connectivity index (χ1v) is 4.83. The fraction of sp³-hybridized carbons (Fsp3) is 0.111. The first-order valence-electron chi connectivity index (χ1n) is 3.71. The van der Waals surface area contributed by atoms with Crippen molar-refractivity contribution in [2.45, 2.75) is 0 Å². The number of alkyl halides is 1. The van der Waals surface area contributed by atoms with Gasteiger partial charge >= 0.3 is 0 Å². The van der Waals surface area contributed by atoms with Crippen LogP contribution in [0.15, 0.2) is 30.3 Å². The highest BCUT2D eigenvalue weighted by Gasteiger charge is 2.01. The van der Waals surface area contributed by atoms with Gasteiger partial charge in [-0.15, -0.1) is 0 Å². The molecule has 4 heteroatoms. The van der Waals surface area contributed by atoms with Gasteiger partial charge in [-0.25, -0.2) is 0 Å². The summed E-state index contributed by atoms with van der Waals surface area (Å²) in [5, 5.41) is 11.1. The van der Waals surface area contributed by atoms with Crippen molar-refractivity contribution >= 4 is 27.7 Å². The molecule has 0 bridgehead atoms. The Labute approximate surface area is 84.4 Å². The van der Waals surface area contributed by atoms with E-state index in [-0.39, 0.29) is 5.69 Å². The summed E-state index contributed by atoms with van der Waals surface area (Å²) < 4.78 is 0. The lowest BCUT2D eigenvalue weighted by molar-refractivity contribution is -0.384. The average molecular weight is 242 g/mol. The zero-order valence-electron chi connectivity index (χ0n) is 6.81. The molecule has 68 valence electrons. The van der Waals surface area contributed by atoms with E-state index in [1.807, 2.05) is 12.2 Å². The molecule has 1 rings (SSSR count). The molecule has 0 aliphatic heterocycles. The van der Waals surface area contributed by atoms with Gasteiger partial charge in [-0.3, -0.25) is 10.1 Å². The summed E-state index contributed by atoms with van der Waals surface area (Å²) in [4.78, 5) is 9.90. The Morgan fingerprint density at radius 3 is 2.46 bits per heavy atom. The normalized spacial score (nSPS) is 10.5. The smallest absolute Gasteiger partial charge is 0.258 e. The minimum atomic E-state index is -0.405. The van der Waals surface area contributed by atoms with Crippen molar-refractivity contribution in [2.24, 2.45) is 0 Å². The highest BCUT2D eigenvalue weighted by atomic mass is 79.9. The number of benzene rings is 1. The standard InChI is InChI=1S/C9H8BrNO2/c10-7-1-2-8-3-5-9(6-4-8)11(12)13/h1-6H,7H2. The summed E-state index contributed by atoms with van der Waals surface area (Å²) in [6.07, 6.45) is 3.83. The molecule has 0 unspecified atom stereocenters. The van der Waals surface area contributed by atoms with E-state index in [9.17, 15) is 10.1 Å². The van der Waals surface area contributed by atoms with Crippen LogP contribution in [0.3, 0.4) is 0 Å². The molecular weight excluding hydrogens is 234 g/mol. The highest BCUT2D eigenvalue weighted by molar-refractivity contribution is 9.09. The average Bonchev–Trinajstić information content (AvgIpc) is 2.15. The third-order valence-corrected chi connectivity index (χ3v) is 1.88. The van der Waals surface area contributed by atoms with E-state index in [4.69, 9.17) is 0 Å². The predicted octanol–water partition coefficient (Wildman–Crippen LogP) is 3.00. The van der Waals surface area contributed by atoms with Gasteiger partial charge in [-0.05, 0) is 17.7 Å². The van der Waals surface area contributed by atoms with Crippen molar-refractivity contribution in [1.82, 2.24) is 0 Å². The minimum absolute atomic E-state index is 0.121. The first-order chi connectivity index (χ1) is 6.24. The number of nitro groups is 1. The van der Waals surface area contributed by atoms with Crippen LogP contribution in [0.1, 0.15) is 5.56 Å². The van der Waals surface area contributed by atoms with Gasteiger partial charge in [-0.2, -0.15) is 0 Å². The number of halogens is 1. The summed E-state index contributed by atoms with van der Waals surface area (Å²) in [6.45, 7) is 0. The molecule has 13 heavy (non-hydrogen) atoms. The molecule has 3 nitrogen and oxygen atoms in total. The Hall–Kier alpha value is -1.16.